The van der Waals surface area contributed by atoms with Crippen LogP contribution in [0.2, 0.25) is 0 Å². The van der Waals surface area contributed by atoms with Crippen molar-refractivity contribution in [1.29, 1.82) is 0 Å². The number of nitrogens with zero attached hydrogens (tertiary/aromatic N) is 5. The standard InChI is InChI=1S/C17H14N6O2/c1-10-19-17-18-9-14-15(23(17)21-10)7-8-22(16(14)25)13-5-3-12(4-6-13)20-11(2)24/h3-9H,1-2H3,(H,20,24). The Bertz CT molecular complexity index is 1170. The lowest BCUT2D eigenvalue weighted by molar-refractivity contribution is -0.114. The third-order valence-electron chi connectivity index (χ3n) is 3.81. The first-order chi connectivity index (χ1) is 12.0. The Balaban J connectivity index is 1.85. The summed E-state index contributed by atoms with van der Waals surface area (Å²) in [6.45, 7) is 3.22. The molecule has 0 spiro atoms. The maximum Gasteiger partial charge on any atom is 0.266 e. The Hall–Kier alpha value is -3.55. The summed E-state index contributed by atoms with van der Waals surface area (Å²) in [5, 5.41) is 7.42. The van der Waals surface area contributed by atoms with Crippen molar-refractivity contribution in [2.75, 3.05) is 5.32 Å². The molecule has 0 aliphatic heterocycles. The molecule has 0 saturated carbocycles. The van der Waals surface area contributed by atoms with Crippen LogP contribution in [0.1, 0.15) is 12.7 Å². The summed E-state index contributed by atoms with van der Waals surface area (Å²) in [5.41, 5.74) is 1.82. The molecule has 4 aromatic rings. The summed E-state index contributed by atoms with van der Waals surface area (Å²) < 4.78 is 3.09. The van der Waals surface area contributed by atoms with Gasteiger partial charge in [0.25, 0.3) is 11.3 Å². The molecule has 1 amide bonds. The fourth-order valence-corrected chi connectivity index (χ4v) is 2.73. The summed E-state index contributed by atoms with van der Waals surface area (Å²) in [5.74, 6) is 0.911. The first-order valence-electron chi connectivity index (χ1n) is 7.65. The molecule has 0 atom stereocenters. The number of pyridine rings is 1. The van der Waals surface area contributed by atoms with Gasteiger partial charge in [0.2, 0.25) is 5.91 Å². The Kier molecular flexibility index (Phi) is 3.31. The molecular formula is C17H14N6O2. The Morgan fingerprint density at radius 1 is 1.16 bits per heavy atom. The number of carbonyl (C=O) groups excluding carboxylic acids is 1. The van der Waals surface area contributed by atoms with Gasteiger partial charge < -0.3 is 5.32 Å². The molecule has 8 nitrogen and oxygen atoms in total. The Labute approximate surface area is 141 Å². The molecule has 0 bridgehead atoms. The summed E-state index contributed by atoms with van der Waals surface area (Å²) >= 11 is 0. The predicted molar refractivity (Wildman–Crippen MR) is 92.9 cm³/mol. The van der Waals surface area contributed by atoms with Gasteiger partial charge in [0.05, 0.1) is 10.9 Å². The number of anilines is 1. The van der Waals surface area contributed by atoms with E-state index in [2.05, 4.69) is 20.4 Å². The van der Waals surface area contributed by atoms with E-state index in [9.17, 15) is 9.59 Å². The first kappa shape index (κ1) is 15.0. The molecule has 0 radical (unpaired) electrons. The molecule has 4 rings (SSSR count). The van der Waals surface area contributed by atoms with Crippen molar-refractivity contribution in [3.8, 4) is 5.69 Å². The number of nitrogens with one attached hydrogen (secondary N) is 1. The van der Waals surface area contributed by atoms with Gasteiger partial charge in [-0.05, 0) is 37.3 Å². The van der Waals surface area contributed by atoms with Crippen molar-refractivity contribution < 1.29 is 4.79 Å². The maximum absolute atomic E-state index is 12.8. The van der Waals surface area contributed by atoms with E-state index in [0.717, 1.165) is 0 Å². The number of rotatable bonds is 2. The minimum Gasteiger partial charge on any atom is -0.326 e. The molecule has 3 aromatic heterocycles. The number of carbonyl (C=O) groups is 1. The molecule has 124 valence electrons. The van der Waals surface area contributed by atoms with Crippen molar-refractivity contribution in [2.45, 2.75) is 13.8 Å². The van der Waals surface area contributed by atoms with Gasteiger partial charge in [0.15, 0.2) is 0 Å². The normalized spacial score (nSPS) is 11.1. The number of benzene rings is 1. The van der Waals surface area contributed by atoms with Crippen LogP contribution in [0.4, 0.5) is 5.69 Å². The molecule has 8 heteroatoms. The molecule has 3 heterocycles. The summed E-state index contributed by atoms with van der Waals surface area (Å²) in [6.07, 6.45) is 3.21. The number of hydrogen-bond acceptors (Lipinski definition) is 5. The van der Waals surface area contributed by atoms with Crippen molar-refractivity contribution in [3.05, 3.63) is 58.9 Å². The van der Waals surface area contributed by atoms with Crippen LogP contribution in [-0.4, -0.2) is 30.1 Å². The van der Waals surface area contributed by atoms with Gasteiger partial charge in [-0.1, -0.05) is 0 Å². The van der Waals surface area contributed by atoms with Crippen LogP contribution < -0.4 is 10.9 Å². The summed E-state index contributed by atoms with van der Waals surface area (Å²) in [6, 6.07) is 8.83. The van der Waals surface area contributed by atoms with E-state index in [1.54, 1.807) is 48.0 Å². The van der Waals surface area contributed by atoms with E-state index < -0.39 is 0 Å². The second-order valence-electron chi connectivity index (χ2n) is 5.65. The average molecular weight is 334 g/mol. The zero-order valence-electron chi connectivity index (χ0n) is 13.6. The zero-order chi connectivity index (χ0) is 17.6. The molecule has 0 aliphatic rings. The quantitative estimate of drug-likeness (QED) is 0.602. The molecule has 0 unspecified atom stereocenters. The van der Waals surface area contributed by atoms with Crippen molar-refractivity contribution in [1.82, 2.24) is 24.1 Å². The van der Waals surface area contributed by atoms with E-state index in [1.807, 2.05) is 0 Å². The number of fused-ring (bicyclic) bond motifs is 3. The van der Waals surface area contributed by atoms with Gasteiger partial charge in [0, 0.05) is 30.7 Å². The lowest BCUT2D eigenvalue weighted by atomic mass is 10.2. The fraction of sp³-hybridized carbons (Fsp3) is 0.118. The zero-order valence-corrected chi connectivity index (χ0v) is 13.6. The molecule has 25 heavy (non-hydrogen) atoms. The monoisotopic (exact) mass is 334 g/mol. The fourth-order valence-electron chi connectivity index (χ4n) is 2.73. The predicted octanol–water partition coefficient (Wildman–Crippen LogP) is 1.70. The molecule has 0 fully saturated rings. The lowest BCUT2D eigenvalue weighted by Crippen LogP contribution is -2.19. The molecule has 1 aromatic carbocycles. The van der Waals surface area contributed by atoms with Gasteiger partial charge in [-0.2, -0.15) is 9.50 Å². The topological polar surface area (TPSA) is 94.2 Å². The molecular weight excluding hydrogens is 320 g/mol. The smallest absolute Gasteiger partial charge is 0.266 e. The van der Waals surface area contributed by atoms with Crippen molar-refractivity contribution in [2.24, 2.45) is 0 Å². The first-order valence-corrected chi connectivity index (χ1v) is 7.65. The average Bonchev–Trinajstić information content (AvgIpc) is 2.96. The van der Waals surface area contributed by atoms with Crippen LogP contribution in [0, 0.1) is 6.92 Å². The van der Waals surface area contributed by atoms with Crippen LogP contribution in [0.3, 0.4) is 0 Å². The summed E-state index contributed by atoms with van der Waals surface area (Å²) in [7, 11) is 0. The Morgan fingerprint density at radius 3 is 2.64 bits per heavy atom. The highest BCUT2D eigenvalue weighted by molar-refractivity contribution is 5.88. The minimum absolute atomic E-state index is 0.145. The highest BCUT2D eigenvalue weighted by atomic mass is 16.1. The third-order valence-corrected chi connectivity index (χ3v) is 3.81. The highest BCUT2D eigenvalue weighted by Crippen LogP contribution is 2.15. The van der Waals surface area contributed by atoms with E-state index in [-0.39, 0.29) is 11.5 Å². The van der Waals surface area contributed by atoms with Crippen LogP contribution in [-0.2, 0) is 4.79 Å². The second-order valence-corrected chi connectivity index (χ2v) is 5.65. The largest absolute Gasteiger partial charge is 0.326 e. The molecule has 0 saturated heterocycles. The van der Waals surface area contributed by atoms with E-state index >= 15 is 0 Å². The third kappa shape index (κ3) is 2.53. The van der Waals surface area contributed by atoms with E-state index in [1.165, 1.54) is 17.7 Å². The number of amides is 1. The van der Waals surface area contributed by atoms with Crippen molar-refractivity contribution >= 4 is 28.3 Å². The molecule has 0 aliphatic carbocycles. The summed E-state index contributed by atoms with van der Waals surface area (Å²) in [4.78, 5) is 32.3. The number of aryl methyl sites for hydroxylation is 1. The van der Waals surface area contributed by atoms with Gasteiger partial charge in [-0.3, -0.25) is 14.2 Å². The van der Waals surface area contributed by atoms with Gasteiger partial charge >= 0.3 is 0 Å². The van der Waals surface area contributed by atoms with Crippen molar-refractivity contribution in [3.63, 3.8) is 0 Å². The van der Waals surface area contributed by atoms with E-state index in [4.69, 9.17) is 0 Å². The van der Waals surface area contributed by atoms with Gasteiger partial charge in [-0.15, -0.1) is 5.10 Å². The number of aromatic nitrogens is 5. The lowest BCUT2D eigenvalue weighted by Gasteiger charge is -2.09. The minimum atomic E-state index is -0.202. The van der Waals surface area contributed by atoms with E-state index in [0.29, 0.717) is 33.9 Å². The van der Waals surface area contributed by atoms with Gasteiger partial charge in [0.1, 0.15) is 5.82 Å². The van der Waals surface area contributed by atoms with Crippen LogP contribution >= 0.6 is 0 Å². The van der Waals surface area contributed by atoms with Crippen LogP contribution in [0.25, 0.3) is 22.4 Å². The highest BCUT2D eigenvalue weighted by Gasteiger charge is 2.10. The maximum atomic E-state index is 12.8. The van der Waals surface area contributed by atoms with Crippen LogP contribution in [0.5, 0.6) is 0 Å². The SMILES string of the molecule is CC(=O)Nc1ccc(-n2ccc3c(cnc4nc(C)nn43)c2=O)cc1. The van der Waals surface area contributed by atoms with Gasteiger partial charge in [-0.25, -0.2) is 4.98 Å². The van der Waals surface area contributed by atoms with Crippen LogP contribution in [0.15, 0.2) is 47.5 Å². The molecule has 1 N–H and O–H groups in total. The second kappa shape index (κ2) is 5.52. The number of hydrogen-bond donors (Lipinski definition) is 1. The Morgan fingerprint density at radius 2 is 1.92 bits per heavy atom.